The summed E-state index contributed by atoms with van der Waals surface area (Å²) in [6.07, 6.45) is 2.11. The Bertz CT molecular complexity index is 897. The molecular formula is C24H30FN3O3. The van der Waals surface area contributed by atoms with Gasteiger partial charge in [-0.1, -0.05) is 0 Å². The van der Waals surface area contributed by atoms with E-state index in [4.69, 9.17) is 9.47 Å². The van der Waals surface area contributed by atoms with Crippen molar-refractivity contribution in [2.75, 3.05) is 58.4 Å². The van der Waals surface area contributed by atoms with Crippen LogP contribution in [0.1, 0.15) is 23.2 Å². The maximum atomic E-state index is 13.2. The number of likely N-dealkylation sites (tertiary alicyclic amines) is 1. The standard InChI is InChI=1S/C24H30FN3O3/c1-30-22-10-5-18(16-23(22)31-2)24(29)28-11-3-4-21(17-28)27-14-12-26(13-15-27)20-8-6-19(25)7-9-20/h5-10,16,21H,3-4,11-15,17H2,1-2H3/t21-/m1/s1. The van der Waals surface area contributed by atoms with Gasteiger partial charge in [-0.05, 0) is 55.3 Å². The van der Waals surface area contributed by atoms with Crippen LogP contribution in [0.2, 0.25) is 0 Å². The number of nitrogens with zero attached hydrogens (tertiary/aromatic N) is 3. The van der Waals surface area contributed by atoms with E-state index >= 15 is 0 Å². The molecule has 4 rings (SSSR count). The summed E-state index contributed by atoms with van der Waals surface area (Å²) in [4.78, 5) is 19.9. The number of piperazine rings is 1. The molecule has 0 N–H and O–H groups in total. The minimum atomic E-state index is -0.205. The molecule has 0 radical (unpaired) electrons. The second-order valence-corrected chi connectivity index (χ2v) is 8.12. The fourth-order valence-electron chi connectivity index (χ4n) is 4.59. The van der Waals surface area contributed by atoms with Gasteiger partial charge in [-0.2, -0.15) is 0 Å². The molecule has 2 aliphatic rings. The molecule has 31 heavy (non-hydrogen) atoms. The van der Waals surface area contributed by atoms with Crippen LogP contribution in [-0.4, -0.2) is 75.2 Å². The number of methoxy groups -OCH3 is 2. The highest BCUT2D eigenvalue weighted by Crippen LogP contribution is 2.29. The third-order valence-corrected chi connectivity index (χ3v) is 6.34. The van der Waals surface area contributed by atoms with Crippen LogP contribution in [0.4, 0.5) is 10.1 Å². The van der Waals surface area contributed by atoms with Crippen molar-refractivity contribution in [1.29, 1.82) is 0 Å². The summed E-state index contributed by atoms with van der Waals surface area (Å²) in [6.45, 7) is 5.22. The van der Waals surface area contributed by atoms with Crippen molar-refractivity contribution in [3.05, 3.63) is 53.8 Å². The van der Waals surface area contributed by atoms with Gasteiger partial charge in [0.2, 0.25) is 0 Å². The Labute approximate surface area is 183 Å². The zero-order chi connectivity index (χ0) is 21.8. The Hall–Kier alpha value is -2.80. The predicted octanol–water partition coefficient (Wildman–Crippen LogP) is 3.27. The number of hydrogen-bond donors (Lipinski definition) is 0. The molecule has 2 aromatic carbocycles. The van der Waals surface area contributed by atoms with Crippen molar-refractivity contribution < 1.29 is 18.7 Å². The number of halogens is 1. The summed E-state index contributed by atoms with van der Waals surface area (Å²) in [5.74, 6) is 1.02. The van der Waals surface area contributed by atoms with Crippen LogP contribution in [0, 0.1) is 5.82 Å². The van der Waals surface area contributed by atoms with Gasteiger partial charge in [0.05, 0.1) is 14.2 Å². The van der Waals surface area contributed by atoms with Crippen LogP contribution >= 0.6 is 0 Å². The molecule has 2 heterocycles. The third-order valence-electron chi connectivity index (χ3n) is 6.34. The summed E-state index contributed by atoms with van der Waals surface area (Å²) < 4.78 is 23.8. The fraction of sp³-hybridized carbons (Fsp3) is 0.458. The van der Waals surface area contributed by atoms with Crippen LogP contribution in [0.3, 0.4) is 0 Å². The van der Waals surface area contributed by atoms with Gasteiger partial charge in [0, 0.05) is 56.6 Å². The number of rotatable bonds is 5. The summed E-state index contributed by atoms with van der Waals surface area (Å²) in [5.41, 5.74) is 1.69. The van der Waals surface area contributed by atoms with Crippen molar-refractivity contribution in [2.24, 2.45) is 0 Å². The minimum absolute atomic E-state index is 0.0376. The summed E-state index contributed by atoms with van der Waals surface area (Å²) in [5, 5.41) is 0. The SMILES string of the molecule is COc1ccc(C(=O)N2CCC[C@@H](N3CCN(c4ccc(F)cc4)CC3)C2)cc1OC. The summed E-state index contributed by atoms with van der Waals surface area (Å²) in [7, 11) is 3.17. The molecule has 0 spiro atoms. The summed E-state index contributed by atoms with van der Waals surface area (Å²) in [6, 6.07) is 12.4. The zero-order valence-corrected chi connectivity index (χ0v) is 18.2. The van der Waals surface area contributed by atoms with Crippen LogP contribution in [0.15, 0.2) is 42.5 Å². The van der Waals surface area contributed by atoms with E-state index in [1.54, 1.807) is 32.4 Å². The first-order valence-electron chi connectivity index (χ1n) is 10.8. The number of carbonyl (C=O) groups is 1. The molecule has 0 bridgehead atoms. The van der Waals surface area contributed by atoms with E-state index in [9.17, 15) is 9.18 Å². The lowest BCUT2D eigenvalue weighted by Crippen LogP contribution is -2.55. The predicted molar refractivity (Wildman–Crippen MR) is 119 cm³/mol. The monoisotopic (exact) mass is 427 g/mol. The number of amides is 1. The van der Waals surface area contributed by atoms with Crippen molar-refractivity contribution in [3.8, 4) is 11.5 Å². The maximum Gasteiger partial charge on any atom is 0.254 e. The lowest BCUT2D eigenvalue weighted by atomic mass is 10.0. The molecule has 2 saturated heterocycles. The first kappa shape index (κ1) is 21.4. The molecule has 0 aromatic heterocycles. The number of ether oxygens (including phenoxy) is 2. The third kappa shape index (κ3) is 4.77. The van der Waals surface area contributed by atoms with Gasteiger partial charge in [-0.25, -0.2) is 4.39 Å². The Morgan fingerprint density at radius 2 is 1.65 bits per heavy atom. The lowest BCUT2D eigenvalue weighted by molar-refractivity contribution is 0.0563. The minimum Gasteiger partial charge on any atom is -0.493 e. The van der Waals surface area contributed by atoms with E-state index in [1.165, 1.54) is 12.1 Å². The van der Waals surface area contributed by atoms with Gasteiger partial charge in [-0.3, -0.25) is 9.69 Å². The highest BCUT2D eigenvalue weighted by atomic mass is 19.1. The fourth-order valence-corrected chi connectivity index (χ4v) is 4.59. The molecule has 0 unspecified atom stereocenters. The first-order chi connectivity index (χ1) is 15.1. The first-order valence-corrected chi connectivity index (χ1v) is 10.8. The van der Waals surface area contributed by atoms with Gasteiger partial charge in [0.1, 0.15) is 5.82 Å². The molecule has 0 saturated carbocycles. The van der Waals surface area contributed by atoms with E-state index in [-0.39, 0.29) is 11.7 Å². The van der Waals surface area contributed by atoms with E-state index in [2.05, 4.69) is 9.80 Å². The average Bonchev–Trinajstić information content (AvgIpc) is 2.84. The normalized spacial score (nSPS) is 19.9. The van der Waals surface area contributed by atoms with E-state index in [0.29, 0.717) is 23.1 Å². The molecule has 2 aliphatic heterocycles. The second-order valence-electron chi connectivity index (χ2n) is 8.12. The zero-order valence-electron chi connectivity index (χ0n) is 18.2. The van der Waals surface area contributed by atoms with Crippen LogP contribution in [-0.2, 0) is 0 Å². The number of carbonyl (C=O) groups excluding carboxylic acids is 1. The largest absolute Gasteiger partial charge is 0.493 e. The molecule has 1 atom stereocenters. The molecule has 0 aliphatic carbocycles. The molecular weight excluding hydrogens is 397 g/mol. The van der Waals surface area contributed by atoms with Crippen LogP contribution < -0.4 is 14.4 Å². The quantitative estimate of drug-likeness (QED) is 0.733. The Balaban J connectivity index is 1.36. The molecule has 1 amide bonds. The van der Waals surface area contributed by atoms with Gasteiger partial charge >= 0.3 is 0 Å². The van der Waals surface area contributed by atoms with Gasteiger partial charge < -0.3 is 19.3 Å². The highest BCUT2D eigenvalue weighted by molar-refractivity contribution is 5.95. The second kappa shape index (κ2) is 9.56. The van der Waals surface area contributed by atoms with Crippen LogP contribution in [0.5, 0.6) is 11.5 Å². The molecule has 166 valence electrons. The van der Waals surface area contributed by atoms with Crippen molar-refractivity contribution >= 4 is 11.6 Å². The smallest absolute Gasteiger partial charge is 0.254 e. The molecule has 2 fully saturated rings. The van der Waals surface area contributed by atoms with Crippen molar-refractivity contribution in [1.82, 2.24) is 9.80 Å². The highest BCUT2D eigenvalue weighted by Gasteiger charge is 2.30. The van der Waals surface area contributed by atoms with Crippen molar-refractivity contribution in [2.45, 2.75) is 18.9 Å². The molecule has 2 aromatic rings. The topological polar surface area (TPSA) is 45.2 Å². The van der Waals surface area contributed by atoms with E-state index in [0.717, 1.165) is 57.8 Å². The van der Waals surface area contributed by atoms with Gasteiger partial charge in [0.25, 0.3) is 5.91 Å². The number of benzene rings is 2. The van der Waals surface area contributed by atoms with E-state index in [1.807, 2.05) is 17.0 Å². The number of anilines is 1. The number of piperidine rings is 1. The summed E-state index contributed by atoms with van der Waals surface area (Å²) >= 11 is 0. The Morgan fingerprint density at radius 1 is 0.935 bits per heavy atom. The van der Waals surface area contributed by atoms with Crippen LogP contribution in [0.25, 0.3) is 0 Å². The molecule has 6 nitrogen and oxygen atoms in total. The lowest BCUT2D eigenvalue weighted by Gasteiger charge is -2.44. The Kier molecular flexibility index (Phi) is 6.61. The van der Waals surface area contributed by atoms with Gasteiger partial charge in [-0.15, -0.1) is 0 Å². The van der Waals surface area contributed by atoms with Gasteiger partial charge in [0.15, 0.2) is 11.5 Å². The maximum absolute atomic E-state index is 13.2. The van der Waals surface area contributed by atoms with Crippen molar-refractivity contribution in [3.63, 3.8) is 0 Å². The molecule has 7 heteroatoms. The average molecular weight is 428 g/mol. The Morgan fingerprint density at radius 3 is 2.32 bits per heavy atom. The van der Waals surface area contributed by atoms with E-state index < -0.39 is 0 Å². The number of hydrogen-bond acceptors (Lipinski definition) is 5.